The highest BCUT2D eigenvalue weighted by Gasteiger charge is 2.16. The summed E-state index contributed by atoms with van der Waals surface area (Å²) >= 11 is 3.19. The van der Waals surface area contributed by atoms with Gasteiger partial charge in [0.15, 0.2) is 0 Å². The highest BCUT2D eigenvalue weighted by molar-refractivity contribution is 9.10. The molecule has 0 saturated carbocycles. The smallest absolute Gasteiger partial charge is 0.124 e. The minimum absolute atomic E-state index is 0.261. The van der Waals surface area contributed by atoms with E-state index >= 15 is 0 Å². The maximum absolute atomic E-state index is 13.1. The zero-order chi connectivity index (χ0) is 12.1. The summed E-state index contributed by atoms with van der Waals surface area (Å²) in [6.45, 7) is 1.94. The Bertz CT molecular complexity index is 324. The average molecular weight is 291 g/mol. The summed E-state index contributed by atoms with van der Waals surface area (Å²) in [7, 11) is 0. The lowest BCUT2D eigenvalue weighted by Gasteiger charge is -2.17. The van der Waals surface area contributed by atoms with Crippen LogP contribution < -0.4 is 0 Å². The van der Waals surface area contributed by atoms with Crippen molar-refractivity contribution in [3.63, 3.8) is 0 Å². The number of hydrogen-bond donors (Lipinski definition) is 2. The van der Waals surface area contributed by atoms with Gasteiger partial charge < -0.3 is 10.2 Å². The fourth-order valence-corrected chi connectivity index (χ4v) is 2.11. The predicted octanol–water partition coefficient (Wildman–Crippen LogP) is 2.65. The van der Waals surface area contributed by atoms with Gasteiger partial charge in [-0.2, -0.15) is 0 Å². The van der Waals surface area contributed by atoms with Gasteiger partial charge in [-0.05, 0) is 30.2 Å². The Labute approximate surface area is 103 Å². The van der Waals surface area contributed by atoms with Crippen molar-refractivity contribution in [1.82, 2.24) is 0 Å². The second kappa shape index (κ2) is 6.33. The van der Waals surface area contributed by atoms with Crippen LogP contribution in [-0.4, -0.2) is 22.4 Å². The van der Waals surface area contributed by atoms with Crippen molar-refractivity contribution in [1.29, 1.82) is 0 Å². The van der Waals surface area contributed by atoms with E-state index in [1.807, 2.05) is 6.92 Å². The summed E-state index contributed by atoms with van der Waals surface area (Å²) < 4.78 is 13.7. The topological polar surface area (TPSA) is 40.5 Å². The molecule has 0 fully saturated rings. The molecule has 0 aliphatic rings. The first kappa shape index (κ1) is 13.6. The van der Waals surface area contributed by atoms with Crippen molar-refractivity contribution in [2.45, 2.75) is 38.4 Å². The van der Waals surface area contributed by atoms with Crippen molar-refractivity contribution in [2.24, 2.45) is 0 Å². The van der Waals surface area contributed by atoms with Gasteiger partial charge in [-0.15, -0.1) is 0 Å². The Morgan fingerprint density at radius 1 is 1.25 bits per heavy atom. The molecule has 0 radical (unpaired) electrons. The van der Waals surface area contributed by atoms with Crippen LogP contribution in [0.15, 0.2) is 22.7 Å². The lowest BCUT2D eigenvalue weighted by Crippen LogP contribution is -2.27. The van der Waals surface area contributed by atoms with Crippen LogP contribution in [0.1, 0.15) is 25.3 Å². The molecule has 2 atom stereocenters. The van der Waals surface area contributed by atoms with E-state index in [2.05, 4.69) is 15.9 Å². The van der Waals surface area contributed by atoms with Crippen LogP contribution in [0.5, 0.6) is 0 Å². The van der Waals surface area contributed by atoms with E-state index in [1.54, 1.807) is 6.07 Å². The van der Waals surface area contributed by atoms with Gasteiger partial charge in [0.05, 0.1) is 12.2 Å². The summed E-state index contributed by atoms with van der Waals surface area (Å²) in [5, 5.41) is 19.3. The van der Waals surface area contributed by atoms with Crippen molar-refractivity contribution in [3.05, 3.63) is 34.1 Å². The van der Waals surface area contributed by atoms with Crippen LogP contribution in [0.25, 0.3) is 0 Å². The molecule has 4 heteroatoms. The van der Waals surface area contributed by atoms with Gasteiger partial charge in [0, 0.05) is 10.9 Å². The largest absolute Gasteiger partial charge is 0.390 e. The zero-order valence-corrected chi connectivity index (χ0v) is 10.7. The molecule has 0 saturated heterocycles. The first-order chi connectivity index (χ1) is 7.52. The number of hydrogen-bond acceptors (Lipinski definition) is 2. The third kappa shape index (κ3) is 4.20. The molecule has 90 valence electrons. The van der Waals surface area contributed by atoms with Crippen molar-refractivity contribution in [2.75, 3.05) is 0 Å². The van der Waals surface area contributed by atoms with Gasteiger partial charge in [-0.3, -0.25) is 0 Å². The minimum Gasteiger partial charge on any atom is -0.390 e. The molecule has 1 rings (SSSR count). The van der Waals surface area contributed by atoms with Crippen LogP contribution in [0, 0.1) is 5.82 Å². The lowest BCUT2D eigenvalue weighted by atomic mass is 10.0. The molecule has 0 aliphatic carbocycles. The molecule has 0 spiro atoms. The van der Waals surface area contributed by atoms with Gasteiger partial charge >= 0.3 is 0 Å². The van der Waals surface area contributed by atoms with Gasteiger partial charge in [0.25, 0.3) is 0 Å². The Morgan fingerprint density at radius 2 is 1.94 bits per heavy atom. The van der Waals surface area contributed by atoms with Crippen LogP contribution in [0.3, 0.4) is 0 Å². The quantitative estimate of drug-likeness (QED) is 0.875. The Hall–Kier alpha value is -0.450. The monoisotopic (exact) mass is 290 g/mol. The number of rotatable bonds is 5. The Balaban J connectivity index is 2.65. The fourth-order valence-electron chi connectivity index (χ4n) is 1.59. The summed E-state index contributed by atoms with van der Waals surface area (Å²) in [6, 6.07) is 4.47. The molecule has 1 aromatic carbocycles. The molecule has 16 heavy (non-hydrogen) atoms. The first-order valence-electron chi connectivity index (χ1n) is 5.34. The standard InChI is InChI=1S/C12H16BrFO2/c1-2-3-11(15)12(16)6-8-4-9(13)7-10(14)5-8/h4-5,7,11-12,15-16H,2-3,6H2,1H3. The van der Waals surface area contributed by atoms with E-state index in [1.165, 1.54) is 12.1 Å². The lowest BCUT2D eigenvalue weighted by molar-refractivity contribution is 0.0148. The van der Waals surface area contributed by atoms with Crippen molar-refractivity contribution >= 4 is 15.9 Å². The van der Waals surface area contributed by atoms with Crippen LogP contribution >= 0.6 is 15.9 Å². The number of aliphatic hydroxyl groups is 2. The van der Waals surface area contributed by atoms with Gasteiger partial charge in [0.1, 0.15) is 5.82 Å². The molecule has 2 N–H and O–H groups in total. The number of benzene rings is 1. The average Bonchev–Trinajstić information content (AvgIpc) is 2.16. The molecule has 0 heterocycles. The molecule has 0 amide bonds. The molecule has 1 aromatic rings. The van der Waals surface area contributed by atoms with E-state index in [0.717, 1.165) is 6.42 Å². The molecule has 2 unspecified atom stereocenters. The molecule has 0 aliphatic heterocycles. The molecular formula is C12H16BrFO2. The van der Waals surface area contributed by atoms with E-state index in [-0.39, 0.29) is 12.2 Å². The van der Waals surface area contributed by atoms with Gasteiger partial charge in [-0.25, -0.2) is 4.39 Å². The van der Waals surface area contributed by atoms with Crippen molar-refractivity contribution in [3.8, 4) is 0 Å². The third-order valence-electron chi connectivity index (χ3n) is 2.40. The van der Waals surface area contributed by atoms with E-state index in [9.17, 15) is 14.6 Å². The predicted molar refractivity (Wildman–Crippen MR) is 64.7 cm³/mol. The minimum atomic E-state index is -0.839. The summed E-state index contributed by atoms with van der Waals surface area (Å²) in [4.78, 5) is 0. The van der Waals surface area contributed by atoms with E-state index in [0.29, 0.717) is 16.5 Å². The normalized spacial score (nSPS) is 14.8. The zero-order valence-electron chi connectivity index (χ0n) is 9.16. The van der Waals surface area contributed by atoms with Crippen LogP contribution in [0.4, 0.5) is 4.39 Å². The SMILES string of the molecule is CCCC(O)C(O)Cc1cc(F)cc(Br)c1. The Kier molecular flexibility index (Phi) is 5.38. The molecule has 0 aromatic heterocycles. The summed E-state index contributed by atoms with van der Waals surface area (Å²) in [5.74, 6) is -0.346. The van der Waals surface area contributed by atoms with E-state index in [4.69, 9.17) is 0 Å². The molecule has 0 bridgehead atoms. The summed E-state index contributed by atoms with van der Waals surface area (Å²) in [6.07, 6.45) is 0.0426. The number of aliphatic hydroxyl groups excluding tert-OH is 2. The van der Waals surface area contributed by atoms with Crippen LogP contribution in [-0.2, 0) is 6.42 Å². The molecular weight excluding hydrogens is 275 g/mol. The van der Waals surface area contributed by atoms with Gasteiger partial charge in [0.2, 0.25) is 0 Å². The summed E-state index contributed by atoms with van der Waals surface area (Å²) in [5.41, 5.74) is 0.675. The highest BCUT2D eigenvalue weighted by Crippen LogP contribution is 2.17. The van der Waals surface area contributed by atoms with Gasteiger partial charge in [-0.1, -0.05) is 29.3 Å². The highest BCUT2D eigenvalue weighted by atomic mass is 79.9. The second-order valence-corrected chi connectivity index (χ2v) is 4.82. The maximum Gasteiger partial charge on any atom is 0.124 e. The fraction of sp³-hybridized carbons (Fsp3) is 0.500. The Morgan fingerprint density at radius 3 is 2.50 bits per heavy atom. The van der Waals surface area contributed by atoms with Crippen LogP contribution in [0.2, 0.25) is 0 Å². The second-order valence-electron chi connectivity index (χ2n) is 3.91. The third-order valence-corrected chi connectivity index (χ3v) is 2.85. The maximum atomic E-state index is 13.1. The van der Waals surface area contributed by atoms with Crippen molar-refractivity contribution < 1.29 is 14.6 Å². The molecule has 2 nitrogen and oxygen atoms in total. The van der Waals surface area contributed by atoms with E-state index < -0.39 is 12.2 Å². The first-order valence-corrected chi connectivity index (χ1v) is 6.13. The number of halogens is 2.